The molecule has 0 fully saturated rings. The molecule has 0 saturated heterocycles. The van der Waals surface area contributed by atoms with Gasteiger partial charge in [0.1, 0.15) is 0 Å². The lowest BCUT2D eigenvalue weighted by Crippen LogP contribution is -2.04. The summed E-state index contributed by atoms with van der Waals surface area (Å²) in [5.74, 6) is -0.241. The van der Waals surface area contributed by atoms with Crippen molar-refractivity contribution in [1.82, 2.24) is 4.98 Å². The van der Waals surface area contributed by atoms with Crippen molar-refractivity contribution in [3.63, 3.8) is 0 Å². The third kappa shape index (κ3) is 2.35. The number of alkyl halides is 2. The highest BCUT2D eigenvalue weighted by molar-refractivity contribution is 6.68. The predicted molar refractivity (Wildman–Crippen MR) is 50.9 cm³/mol. The van der Waals surface area contributed by atoms with Crippen molar-refractivity contribution >= 4 is 28.4 Å². The summed E-state index contributed by atoms with van der Waals surface area (Å²) in [4.78, 5) is 14.4. The molecule has 0 atom stereocenters. The second kappa shape index (κ2) is 4.72. The minimum Gasteiger partial charge on any atom is -0.493 e. The first-order valence-electron chi connectivity index (χ1n) is 3.69. The third-order valence-corrected chi connectivity index (χ3v) is 2.11. The Balaban J connectivity index is 3.49. The monoisotopic (exact) mass is 255 g/mol. The number of hydrogen-bond acceptors (Lipinski definition) is 3. The molecule has 0 aliphatic rings. The maximum Gasteiger partial charge on any atom is 0.266 e. The van der Waals surface area contributed by atoms with Crippen LogP contribution >= 0.6 is 23.2 Å². The second-order valence-electron chi connectivity index (χ2n) is 2.49. The van der Waals surface area contributed by atoms with E-state index in [1.807, 2.05) is 0 Å². The summed E-state index contributed by atoms with van der Waals surface area (Å²) in [5, 5.41) is -1.25. The molecule has 3 nitrogen and oxygen atoms in total. The van der Waals surface area contributed by atoms with Crippen molar-refractivity contribution in [2.75, 3.05) is 7.11 Å². The van der Waals surface area contributed by atoms with E-state index >= 15 is 0 Å². The molecule has 1 aromatic rings. The highest BCUT2D eigenvalue weighted by Crippen LogP contribution is 2.34. The fourth-order valence-electron chi connectivity index (χ4n) is 1.04. The van der Waals surface area contributed by atoms with Gasteiger partial charge in [0.2, 0.25) is 0 Å². The first-order valence-corrected chi connectivity index (χ1v) is 4.45. The number of nitrogens with zero attached hydrogens (tertiary/aromatic N) is 1. The zero-order chi connectivity index (χ0) is 11.6. The Morgan fingerprint density at radius 1 is 1.60 bits per heavy atom. The van der Waals surface area contributed by atoms with E-state index in [2.05, 4.69) is 4.98 Å². The van der Waals surface area contributed by atoms with Crippen LogP contribution < -0.4 is 4.74 Å². The number of carbonyl (C=O) groups excluding carboxylic acids is 1. The second-order valence-corrected chi connectivity index (χ2v) is 3.19. The molecule has 0 aromatic carbocycles. The Morgan fingerprint density at radius 3 is 2.60 bits per heavy atom. The molecule has 0 radical (unpaired) electrons. The smallest absolute Gasteiger partial charge is 0.266 e. The van der Waals surface area contributed by atoms with Crippen LogP contribution in [0.25, 0.3) is 0 Å². The molecule has 7 heteroatoms. The Bertz CT molecular complexity index is 398. The van der Waals surface area contributed by atoms with E-state index in [9.17, 15) is 13.6 Å². The Hall–Kier alpha value is -0.940. The first-order chi connectivity index (χ1) is 6.99. The quantitative estimate of drug-likeness (QED) is 0.616. The maximum atomic E-state index is 12.5. The number of halogens is 4. The summed E-state index contributed by atoms with van der Waals surface area (Å²) < 4.78 is 29.7. The van der Waals surface area contributed by atoms with Gasteiger partial charge in [-0.2, -0.15) is 0 Å². The molecule has 1 rings (SSSR count). The third-order valence-electron chi connectivity index (χ3n) is 1.66. The first kappa shape index (κ1) is 12.1. The number of aromatic nitrogens is 1. The van der Waals surface area contributed by atoms with Crippen LogP contribution in [-0.2, 0) is 0 Å². The van der Waals surface area contributed by atoms with Crippen LogP contribution in [-0.4, -0.2) is 17.3 Å². The van der Waals surface area contributed by atoms with Gasteiger partial charge in [0.25, 0.3) is 11.7 Å². The van der Waals surface area contributed by atoms with Gasteiger partial charge in [0, 0.05) is 6.20 Å². The highest BCUT2D eigenvalue weighted by atomic mass is 35.5. The number of methoxy groups -OCH3 is 1. The van der Waals surface area contributed by atoms with Crippen LogP contribution in [0.5, 0.6) is 5.75 Å². The number of carbonyl (C=O) groups is 1. The maximum absolute atomic E-state index is 12.5. The Kier molecular flexibility index (Phi) is 3.82. The number of ether oxygens (including phenoxy) is 1. The summed E-state index contributed by atoms with van der Waals surface area (Å²) in [6, 6.07) is 0. The largest absolute Gasteiger partial charge is 0.493 e. The minimum atomic E-state index is -2.87. The van der Waals surface area contributed by atoms with Gasteiger partial charge in [-0.1, -0.05) is 11.6 Å². The number of pyridine rings is 1. The zero-order valence-electron chi connectivity index (χ0n) is 7.43. The fraction of sp³-hybridized carbons (Fsp3) is 0.250. The van der Waals surface area contributed by atoms with Crippen molar-refractivity contribution in [1.29, 1.82) is 0 Å². The molecule has 0 spiro atoms. The lowest BCUT2D eigenvalue weighted by Gasteiger charge is -2.10. The van der Waals surface area contributed by atoms with Crippen molar-refractivity contribution in [2.24, 2.45) is 0 Å². The van der Waals surface area contributed by atoms with Gasteiger partial charge in [0.05, 0.1) is 18.2 Å². The predicted octanol–water partition coefficient (Wildman–Crippen LogP) is 3.06. The molecule has 0 bridgehead atoms. The van der Waals surface area contributed by atoms with Gasteiger partial charge in [0.15, 0.2) is 10.9 Å². The molecule has 0 aliphatic carbocycles. The van der Waals surface area contributed by atoms with Crippen molar-refractivity contribution < 1.29 is 18.3 Å². The van der Waals surface area contributed by atoms with Gasteiger partial charge in [-0.05, 0) is 11.6 Å². The van der Waals surface area contributed by atoms with Crippen LogP contribution in [0.1, 0.15) is 22.3 Å². The average Bonchev–Trinajstić information content (AvgIpc) is 2.16. The summed E-state index contributed by atoms with van der Waals surface area (Å²) in [5.41, 5.74) is -1.05. The van der Waals surface area contributed by atoms with Crippen molar-refractivity contribution in [2.45, 2.75) is 6.43 Å². The Morgan fingerprint density at radius 2 is 2.20 bits per heavy atom. The summed E-state index contributed by atoms with van der Waals surface area (Å²) in [6.07, 6.45) is -2.08. The molecule has 0 aliphatic heterocycles. The molecular formula is C8H5Cl2F2NO2. The van der Waals surface area contributed by atoms with Crippen molar-refractivity contribution in [3.8, 4) is 5.75 Å². The van der Waals surface area contributed by atoms with Crippen LogP contribution in [0.15, 0.2) is 6.20 Å². The lowest BCUT2D eigenvalue weighted by atomic mass is 10.1. The molecule has 82 valence electrons. The minimum absolute atomic E-state index is 0.189. The van der Waals surface area contributed by atoms with E-state index in [-0.39, 0.29) is 10.9 Å². The van der Waals surface area contributed by atoms with Crippen LogP contribution in [0.4, 0.5) is 8.78 Å². The fourth-order valence-corrected chi connectivity index (χ4v) is 1.45. The molecule has 0 amide bonds. The van der Waals surface area contributed by atoms with Crippen LogP contribution in [0.2, 0.25) is 5.15 Å². The molecular weight excluding hydrogens is 251 g/mol. The van der Waals surface area contributed by atoms with E-state index in [0.717, 1.165) is 6.20 Å². The van der Waals surface area contributed by atoms with Crippen LogP contribution in [0, 0.1) is 0 Å². The summed E-state index contributed by atoms with van der Waals surface area (Å²) >= 11 is 10.7. The van der Waals surface area contributed by atoms with Gasteiger partial charge < -0.3 is 4.74 Å². The molecule has 1 aromatic heterocycles. The van der Waals surface area contributed by atoms with E-state index in [4.69, 9.17) is 27.9 Å². The summed E-state index contributed by atoms with van der Waals surface area (Å²) in [7, 11) is 1.18. The normalized spacial score (nSPS) is 10.5. The standard InChI is InChI=1S/C8H5Cl2F2NO2/c1-15-5-4(7(10)14)3(8(11)12)2-13-6(5)9/h2,8H,1H3. The number of hydrogen-bond donors (Lipinski definition) is 0. The molecule has 15 heavy (non-hydrogen) atoms. The highest BCUT2D eigenvalue weighted by Gasteiger charge is 2.24. The topological polar surface area (TPSA) is 39.2 Å². The van der Waals surface area contributed by atoms with Gasteiger partial charge >= 0.3 is 0 Å². The van der Waals surface area contributed by atoms with E-state index in [0.29, 0.717) is 0 Å². The molecule has 0 saturated carbocycles. The SMILES string of the molecule is COc1c(Cl)ncc(C(F)F)c1C(=O)Cl. The average molecular weight is 256 g/mol. The lowest BCUT2D eigenvalue weighted by molar-refractivity contribution is 0.106. The van der Waals surface area contributed by atoms with Gasteiger partial charge in [-0.15, -0.1) is 0 Å². The molecule has 0 N–H and O–H groups in total. The van der Waals surface area contributed by atoms with Crippen molar-refractivity contribution in [3.05, 3.63) is 22.5 Å². The van der Waals surface area contributed by atoms with E-state index in [1.165, 1.54) is 7.11 Å². The van der Waals surface area contributed by atoms with Crippen LogP contribution in [0.3, 0.4) is 0 Å². The van der Waals surface area contributed by atoms with E-state index in [1.54, 1.807) is 0 Å². The number of rotatable bonds is 3. The van der Waals surface area contributed by atoms with E-state index < -0.39 is 22.8 Å². The molecule has 0 unspecified atom stereocenters. The van der Waals surface area contributed by atoms with Gasteiger partial charge in [-0.3, -0.25) is 4.79 Å². The molecule has 1 heterocycles. The summed E-state index contributed by atoms with van der Waals surface area (Å²) in [6.45, 7) is 0. The Labute approximate surface area is 94.0 Å². The zero-order valence-corrected chi connectivity index (χ0v) is 8.94. The van der Waals surface area contributed by atoms with Gasteiger partial charge in [-0.25, -0.2) is 13.8 Å².